The lowest BCUT2D eigenvalue weighted by Gasteiger charge is -2.05. The molecule has 0 fully saturated rings. The summed E-state index contributed by atoms with van der Waals surface area (Å²) in [4.78, 5) is 17.6. The lowest BCUT2D eigenvalue weighted by molar-refractivity contribution is 0.340. The average molecular weight is 232 g/mol. The van der Waals surface area contributed by atoms with Crippen molar-refractivity contribution in [1.82, 2.24) is 9.97 Å². The largest absolute Gasteiger partial charge is 0.494 e. The van der Waals surface area contributed by atoms with E-state index in [1.165, 1.54) is 0 Å². The summed E-state index contributed by atoms with van der Waals surface area (Å²) in [5.74, 6) is 0.707. The van der Waals surface area contributed by atoms with Crippen LogP contribution in [0.1, 0.15) is 6.92 Å². The van der Waals surface area contributed by atoms with Gasteiger partial charge in [0, 0.05) is 5.56 Å². The van der Waals surface area contributed by atoms with Crippen molar-refractivity contribution in [3.63, 3.8) is 0 Å². The van der Waals surface area contributed by atoms with E-state index in [1.807, 2.05) is 13.0 Å². The fourth-order valence-electron chi connectivity index (χ4n) is 1.48. The molecule has 0 saturated carbocycles. The van der Waals surface area contributed by atoms with Crippen molar-refractivity contribution in [3.05, 3.63) is 40.7 Å². The van der Waals surface area contributed by atoms with Crippen LogP contribution in [0.2, 0.25) is 0 Å². The second-order valence-corrected chi connectivity index (χ2v) is 3.41. The fourth-order valence-corrected chi connectivity index (χ4v) is 1.48. The van der Waals surface area contributed by atoms with Crippen LogP contribution in [-0.4, -0.2) is 21.7 Å². The van der Waals surface area contributed by atoms with E-state index in [0.717, 1.165) is 6.07 Å². The smallest absolute Gasteiger partial charge is 0.254 e. The molecule has 1 heterocycles. The molecule has 0 aliphatic heterocycles. The molecule has 0 spiro atoms. The number of hydrogen-bond donors (Lipinski definition) is 2. The summed E-state index contributed by atoms with van der Waals surface area (Å²) in [6.07, 6.45) is 0. The van der Waals surface area contributed by atoms with Crippen molar-refractivity contribution in [1.29, 1.82) is 0 Å². The van der Waals surface area contributed by atoms with E-state index in [9.17, 15) is 9.90 Å². The first-order valence-electron chi connectivity index (χ1n) is 5.22. The van der Waals surface area contributed by atoms with Crippen LogP contribution in [0.3, 0.4) is 0 Å². The number of nitrogens with one attached hydrogen (secondary N) is 1. The molecule has 0 bridgehead atoms. The Balaban J connectivity index is 2.45. The number of rotatable bonds is 3. The SMILES string of the molecule is CCOc1cccc(-c2nc(O)cc(=O)[nH]2)c1. The molecule has 5 heteroatoms. The van der Waals surface area contributed by atoms with Crippen LogP contribution < -0.4 is 10.3 Å². The number of aromatic hydroxyl groups is 1. The monoisotopic (exact) mass is 232 g/mol. The Hall–Kier alpha value is -2.30. The standard InChI is InChI=1S/C12H12N2O3/c1-2-17-9-5-3-4-8(6-9)12-13-10(15)7-11(16)14-12/h3-7H,2H2,1H3,(H2,13,14,15,16). The molecule has 0 radical (unpaired) electrons. The predicted molar refractivity (Wildman–Crippen MR) is 63.1 cm³/mol. The molecule has 0 unspecified atom stereocenters. The molecule has 0 atom stereocenters. The average Bonchev–Trinajstić information content (AvgIpc) is 2.28. The molecule has 5 nitrogen and oxygen atoms in total. The zero-order valence-electron chi connectivity index (χ0n) is 9.30. The van der Waals surface area contributed by atoms with E-state index in [1.54, 1.807) is 18.2 Å². The molecule has 1 aromatic heterocycles. The molecule has 0 aliphatic rings. The van der Waals surface area contributed by atoms with Crippen LogP contribution >= 0.6 is 0 Å². The van der Waals surface area contributed by atoms with Gasteiger partial charge in [0.25, 0.3) is 5.56 Å². The Morgan fingerprint density at radius 1 is 1.41 bits per heavy atom. The maximum Gasteiger partial charge on any atom is 0.254 e. The minimum atomic E-state index is -0.394. The van der Waals surface area contributed by atoms with Crippen molar-refractivity contribution in [2.45, 2.75) is 6.92 Å². The van der Waals surface area contributed by atoms with Crippen LogP contribution in [0.5, 0.6) is 11.6 Å². The van der Waals surface area contributed by atoms with E-state index in [0.29, 0.717) is 23.7 Å². The van der Waals surface area contributed by atoms with E-state index in [2.05, 4.69) is 9.97 Å². The number of ether oxygens (including phenoxy) is 1. The molecule has 1 aromatic carbocycles. The second kappa shape index (κ2) is 4.69. The molecule has 17 heavy (non-hydrogen) atoms. The zero-order valence-corrected chi connectivity index (χ0v) is 9.30. The van der Waals surface area contributed by atoms with Crippen molar-refractivity contribution < 1.29 is 9.84 Å². The van der Waals surface area contributed by atoms with Crippen molar-refractivity contribution >= 4 is 0 Å². The Kier molecular flexibility index (Phi) is 3.09. The first-order valence-corrected chi connectivity index (χ1v) is 5.22. The number of H-pyrrole nitrogens is 1. The van der Waals surface area contributed by atoms with E-state index in [4.69, 9.17) is 4.74 Å². The first kappa shape index (κ1) is 11.2. The number of aromatic amines is 1. The van der Waals surface area contributed by atoms with Gasteiger partial charge in [-0.25, -0.2) is 0 Å². The van der Waals surface area contributed by atoms with Crippen molar-refractivity contribution in [2.75, 3.05) is 6.61 Å². The topological polar surface area (TPSA) is 75.2 Å². The summed E-state index contributed by atoms with van der Waals surface area (Å²) in [6, 6.07) is 8.16. The molecule has 88 valence electrons. The highest BCUT2D eigenvalue weighted by molar-refractivity contribution is 5.57. The fraction of sp³-hybridized carbons (Fsp3) is 0.167. The van der Waals surface area contributed by atoms with Crippen LogP contribution in [-0.2, 0) is 0 Å². The molecule has 2 N–H and O–H groups in total. The molecular formula is C12H12N2O3. The minimum absolute atomic E-state index is 0.300. The van der Waals surface area contributed by atoms with Gasteiger partial charge in [-0.1, -0.05) is 12.1 Å². The van der Waals surface area contributed by atoms with Gasteiger partial charge in [0.05, 0.1) is 12.7 Å². The van der Waals surface area contributed by atoms with Gasteiger partial charge in [-0.3, -0.25) is 4.79 Å². The highest BCUT2D eigenvalue weighted by Crippen LogP contribution is 2.21. The second-order valence-electron chi connectivity index (χ2n) is 3.41. The molecule has 0 amide bonds. The van der Waals surface area contributed by atoms with Gasteiger partial charge in [-0.05, 0) is 19.1 Å². The van der Waals surface area contributed by atoms with Gasteiger partial charge in [0.2, 0.25) is 5.88 Å². The molecule has 2 rings (SSSR count). The van der Waals surface area contributed by atoms with E-state index < -0.39 is 5.56 Å². The third kappa shape index (κ3) is 2.63. The van der Waals surface area contributed by atoms with Gasteiger partial charge in [0.15, 0.2) is 0 Å². The third-order valence-corrected chi connectivity index (χ3v) is 2.15. The van der Waals surface area contributed by atoms with Crippen molar-refractivity contribution in [2.24, 2.45) is 0 Å². The van der Waals surface area contributed by atoms with Gasteiger partial charge in [-0.2, -0.15) is 4.98 Å². The summed E-state index contributed by atoms with van der Waals surface area (Å²) < 4.78 is 5.35. The molecule has 0 aliphatic carbocycles. The predicted octanol–water partition coefficient (Wildman–Crippen LogP) is 1.54. The number of aromatic nitrogens is 2. The van der Waals surface area contributed by atoms with Crippen LogP contribution in [0.4, 0.5) is 0 Å². The van der Waals surface area contributed by atoms with Gasteiger partial charge >= 0.3 is 0 Å². The van der Waals surface area contributed by atoms with Gasteiger partial charge in [-0.15, -0.1) is 0 Å². The first-order chi connectivity index (χ1) is 8.19. The van der Waals surface area contributed by atoms with Crippen molar-refractivity contribution in [3.8, 4) is 23.0 Å². The minimum Gasteiger partial charge on any atom is -0.494 e. The van der Waals surface area contributed by atoms with Gasteiger partial charge < -0.3 is 14.8 Å². The maximum absolute atomic E-state index is 11.2. The highest BCUT2D eigenvalue weighted by Gasteiger charge is 2.04. The van der Waals surface area contributed by atoms with Crippen LogP contribution in [0.25, 0.3) is 11.4 Å². The number of benzene rings is 1. The highest BCUT2D eigenvalue weighted by atomic mass is 16.5. The van der Waals surface area contributed by atoms with E-state index in [-0.39, 0.29) is 5.88 Å². The summed E-state index contributed by atoms with van der Waals surface area (Å²) in [7, 11) is 0. The van der Waals surface area contributed by atoms with Crippen LogP contribution in [0, 0.1) is 0 Å². The maximum atomic E-state index is 11.2. The Bertz CT molecular complexity index is 578. The third-order valence-electron chi connectivity index (χ3n) is 2.15. The quantitative estimate of drug-likeness (QED) is 0.841. The number of hydrogen-bond acceptors (Lipinski definition) is 4. The van der Waals surface area contributed by atoms with Gasteiger partial charge in [0.1, 0.15) is 11.6 Å². The number of nitrogens with zero attached hydrogens (tertiary/aromatic N) is 1. The van der Waals surface area contributed by atoms with Crippen LogP contribution in [0.15, 0.2) is 35.1 Å². The Morgan fingerprint density at radius 2 is 2.24 bits per heavy atom. The summed E-state index contributed by atoms with van der Waals surface area (Å²) >= 11 is 0. The summed E-state index contributed by atoms with van der Waals surface area (Å²) in [5.41, 5.74) is 0.290. The van der Waals surface area contributed by atoms with E-state index >= 15 is 0 Å². The zero-order chi connectivity index (χ0) is 12.3. The summed E-state index contributed by atoms with van der Waals surface area (Å²) in [6.45, 7) is 2.45. The lowest BCUT2D eigenvalue weighted by atomic mass is 10.2. The Labute approximate surface area is 97.7 Å². The molecular weight excluding hydrogens is 220 g/mol. The Morgan fingerprint density at radius 3 is 2.94 bits per heavy atom. The molecule has 2 aromatic rings. The lowest BCUT2D eigenvalue weighted by Crippen LogP contribution is -2.06. The normalized spacial score (nSPS) is 10.2. The molecule has 0 saturated heterocycles. The summed E-state index contributed by atoms with van der Waals surface area (Å²) in [5, 5.41) is 9.27.